The van der Waals surface area contributed by atoms with Gasteiger partial charge in [0.1, 0.15) is 5.75 Å². The van der Waals surface area contributed by atoms with E-state index in [1.807, 2.05) is 30.3 Å². The lowest BCUT2D eigenvalue weighted by atomic mass is 10.0. The smallest absolute Gasteiger partial charge is 0.253 e. The number of hydrogen-bond donors (Lipinski definition) is 1. The Bertz CT molecular complexity index is 753. The van der Waals surface area contributed by atoms with Crippen LogP contribution in [0.2, 0.25) is 5.02 Å². The summed E-state index contributed by atoms with van der Waals surface area (Å²) in [6.07, 6.45) is 0.880. The van der Waals surface area contributed by atoms with E-state index in [1.165, 1.54) is 4.90 Å². The van der Waals surface area contributed by atoms with Crippen LogP contribution in [0.4, 0.5) is 0 Å². The van der Waals surface area contributed by atoms with Gasteiger partial charge in [0.25, 0.3) is 5.91 Å². The van der Waals surface area contributed by atoms with Crippen LogP contribution in [0.5, 0.6) is 5.75 Å². The Balaban J connectivity index is 1.86. The molecule has 1 atom stereocenters. The number of hydrogen-bond acceptors (Lipinski definition) is 3. The third kappa shape index (κ3) is 3.67. The first kappa shape index (κ1) is 16.7. The van der Waals surface area contributed by atoms with Crippen molar-refractivity contribution in [1.82, 2.24) is 5.32 Å². The molecule has 2 aromatic rings. The van der Waals surface area contributed by atoms with Gasteiger partial charge in [0, 0.05) is 20.1 Å². The van der Waals surface area contributed by atoms with Crippen LogP contribution in [0, 0.1) is 0 Å². The zero-order valence-corrected chi connectivity index (χ0v) is 15.6. The number of rotatable bonds is 3. The molecule has 23 heavy (non-hydrogen) atoms. The second-order valence-electron chi connectivity index (χ2n) is 5.19. The topological polar surface area (TPSA) is 38.3 Å². The molecule has 3 rings (SSSR count). The van der Waals surface area contributed by atoms with Crippen molar-refractivity contribution < 1.29 is 9.53 Å². The molecule has 1 unspecified atom stereocenters. The van der Waals surface area contributed by atoms with E-state index < -0.39 is 0 Å². The lowest BCUT2D eigenvalue weighted by molar-refractivity contribution is 0.0934. The van der Waals surface area contributed by atoms with Crippen LogP contribution < -0.4 is 10.1 Å². The van der Waals surface area contributed by atoms with Gasteiger partial charge in [-0.05, 0) is 64.3 Å². The summed E-state index contributed by atoms with van der Waals surface area (Å²) in [5.74, 6) is 1.50. The van der Waals surface area contributed by atoms with Crippen molar-refractivity contribution in [3.05, 3.63) is 57.0 Å². The molecule has 1 aliphatic rings. The second kappa shape index (κ2) is 7.16. The summed E-state index contributed by atoms with van der Waals surface area (Å²) in [5, 5.41) is 3.80. The first-order valence-corrected chi connectivity index (χ1v) is 9.31. The molecule has 2 aromatic carbocycles. The van der Waals surface area contributed by atoms with E-state index in [2.05, 4.69) is 21.2 Å². The predicted octanol–water partition coefficient (Wildman–Crippen LogP) is 5.08. The highest BCUT2D eigenvalue weighted by Crippen LogP contribution is 2.37. The van der Waals surface area contributed by atoms with E-state index in [4.69, 9.17) is 16.3 Å². The molecule has 0 aliphatic carbocycles. The van der Waals surface area contributed by atoms with Gasteiger partial charge in [0.15, 0.2) is 0 Å². The third-order valence-corrected chi connectivity index (χ3v) is 5.78. The summed E-state index contributed by atoms with van der Waals surface area (Å²) in [5.41, 5.74) is 1.65. The summed E-state index contributed by atoms with van der Waals surface area (Å²) >= 11 is 11.3. The first-order valence-electron chi connectivity index (χ1n) is 7.15. The van der Waals surface area contributed by atoms with Crippen molar-refractivity contribution in [2.75, 3.05) is 12.9 Å². The van der Waals surface area contributed by atoms with E-state index in [1.54, 1.807) is 24.9 Å². The number of benzene rings is 2. The number of nitrogens with one attached hydrogen (secondary N) is 1. The standard InChI is InChI=1S/C17H15BrClNO2S/c1-22-11-3-4-14(18)12(9-11)17(21)20-15-6-7-23-16-5-2-10(19)8-13(15)16/h2-5,8-9,15H,6-7H2,1H3,(H,20,21). The van der Waals surface area contributed by atoms with Crippen molar-refractivity contribution in [1.29, 1.82) is 0 Å². The van der Waals surface area contributed by atoms with Crippen LogP contribution in [0.15, 0.2) is 45.8 Å². The largest absolute Gasteiger partial charge is 0.497 e. The van der Waals surface area contributed by atoms with Gasteiger partial charge in [0.2, 0.25) is 0 Å². The number of amides is 1. The van der Waals surface area contributed by atoms with Crippen LogP contribution in [0.3, 0.4) is 0 Å². The van der Waals surface area contributed by atoms with Crippen LogP contribution in [-0.2, 0) is 0 Å². The SMILES string of the molecule is COc1ccc(Br)c(C(=O)NC2CCSc3ccc(Cl)cc32)c1. The maximum absolute atomic E-state index is 12.7. The molecule has 120 valence electrons. The molecule has 1 aliphatic heterocycles. The Labute approximate surface area is 152 Å². The number of carbonyl (C=O) groups is 1. The van der Waals surface area contributed by atoms with Gasteiger partial charge >= 0.3 is 0 Å². The highest BCUT2D eigenvalue weighted by molar-refractivity contribution is 9.10. The fraction of sp³-hybridized carbons (Fsp3) is 0.235. The minimum absolute atomic E-state index is 0.0319. The van der Waals surface area contributed by atoms with Gasteiger partial charge in [-0.3, -0.25) is 4.79 Å². The molecule has 1 heterocycles. The molecule has 0 radical (unpaired) electrons. The lowest BCUT2D eigenvalue weighted by Gasteiger charge is -2.26. The van der Waals surface area contributed by atoms with Gasteiger partial charge < -0.3 is 10.1 Å². The van der Waals surface area contributed by atoms with Crippen molar-refractivity contribution in [2.24, 2.45) is 0 Å². The highest BCUT2D eigenvalue weighted by Gasteiger charge is 2.24. The fourth-order valence-corrected chi connectivity index (χ4v) is 4.27. The minimum atomic E-state index is -0.126. The molecule has 3 nitrogen and oxygen atoms in total. The summed E-state index contributed by atoms with van der Waals surface area (Å²) in [4.78, 5) is 13.8. The van der Waals surface area contributed by atoms with Crippen molar-refractivity contribution in [2.45, 2.75) is 17.4 Å². The molecule has 1 amide bonds. The molecular formula is C17H15BrClNO2S. The number of carbonyl (C=O) groups excluding carboxylic acids is 1. The van der Waals surface area contributed by atoms with E-state index >= 15 is 0 Å². The summed E-state index contributed by atoms with van der Waals surface area (Å²) in [6.45, 7) is 0. The van der Waals surface area contributed by atoms with E-state index in [0.717, 1.165) is 22.2 Å². The van der Waals surface area contributed by atoms with E-state index in [-0.39, 0.29) is 11.9 Å². The average molecular weight is 413 g/mol. The normalized spacial score (nSPS) is 16.6. The molecular weight excluding hydrogens is 398 g/mol. The quantitative estimate of drug-likeness (QED) is 0.764. The monoisotopic (exact) mass is 411 g/mol. The summed E-state index contributed by atoms with van der Waals surface area (Å²) < 4.78 is 5.94. The molecule has 1 N–H and O–H groups in total. The maximum atomic E-state index is 12.7. The van der Waals surface area contributed by atoms with E-state index in [0.29, 0.717) is 16.3 Å². The molecule has 0 saturated heterocycles. The maximum Gasteiger partial charge on any atom is 0.253 e. The fourth-order valence-electron chi connectivity index (χ4n) is 2.56. The zero-order valence-electron chi connectivity index (χ0n) is 12.4. The van der Waals surface area contributed by atoms with Gasteiger partial charge in [-0.2, -0.15) is 0 Å². The molecule has 0 bridgehead atoms. The van der Waals surface area contributed by atoms with E-state index in [9.17, 15) is 4.79 Å². The molecule has 0 fully saturated rings. The minimum Gasteiger partial charge on any atom is -0.497 e. The Kier molecular flexibility index (Phi) is 5.19. The van der Waals surface area contributed by atoms with Gasteiger partial charge in [-0.15, -0.1) is 11.8 Å². The molecule has 0 aromatic heterocycles. The van der Waals surface area contributed by atoms with Crippen LogP contribution in [-0.4, -0.2) is 18.8 Å². The Morgan fingerprint density at radius 2 is 2.17 bits per heavy atom. The summed E-state index contributed by atoms with van der Waals surface area (Å²) in [7, 11) is 1.58. The van der Waals surface area contributed by atoms with Crippen LogP contribution >= 0.6 is 39.3 Å². The van der Waals surface area contributed by atoms with Gasteiger partial charge in [-0.25, -0.2) is 0 Å². The molecule has 0 saturated carbocycles. The van der Waals surface area contributed by atoms with Crippen LogP contribution in [0.1, 0.15) is 28.4 Å². The van der Waals surface area contributed by atoms with Gasteiger partial charge in [-0.1, -0.05) is 11.6 Å². The number of ether oxygens (including phenoxy) is 1. The third-order valence-electron chi connectivity index (χ3n) is 3.73. The Hall–Kier alpha value is -1.17. The number of fused-ring (bicyclic) bond motifs is 1. The number of methoxy groups -OCH3 is 1. The summed E-state index contributed by atoms with van der Waals surface area (Å²) in [6, 6.07) is 11.2. The van der Waals surface area contributed by atoms with Crippen LogP contribution in [0.25, 0.3) is 0 Å². The molecule has 0 spiro atoms. The highest BCUT2D eigenvalue weighted by atomic mass is 79.9. The van der Waals surface area contributed by atoms with Crippen molar-refractivity contribution in [3.8, 4) is 5.75 Å². The second-order valence-corrected chi connectivity index (χ2v) is 7.62. The zero-order chi connectivity index (χ0) is 16.4. The van der Waals surface area contributed by atoms with Gasteiger partial charge in [0.05, 0.1) is 18.7 Å². The lowest BCUT2D eigenvalue weighted by Crippen LogP contribution is -2.30. The number of halogens is 2. The van der Waals surface area contributed by atoms with Crippen molar-refractivity contribution >= 4 is 45.2 Å². The first-order chi connectivity index (χ1) is 11.1. The molecule has 6 heteroatoms. The average Bonchev–Trinajstić information content (AvgIpc) is 2.55. The Morgan fingerprint density at radius 3 is 2.96 bits per heavy atom. The Morgan fingerprint density at radius 1 is 1.35 bits per heavy atom. The number of thioether (sulfide) groups is 1. The predicted molar refractivity (Wildman–Crippen MR) is 97.7 cm³/mol. The van der Waals surface area contributed by atoms with Crippen molar-refractivity contribution in [3.63, 3.8) is 0 Å².